The van der Waals surface area contributed by atoms with Gasteiger partial charge >= 0.3 is 0 Å². The fraction of sp³-hybridized carbons (Fsp3) is 0.182. The van der Waals surface area contributed by atoms with Gasteiger partial charge in [0.25, 0.3) is 0 Å². The molecule has 0 aliphatic heterocycles. The van der Waals surface area contributed by atoms with Crippen molar-refractivity contribution in [2.24, 2.45) is 0 Å². The number of nitrogens with one attached hydrogen (secondary N) is 1. The molecule has 0 saturated heterocycles. The fourth-order valence-corrected chi connectivity index (χ4v) is 1.00. The van der Waals surface area contributed by atoms with Crippen LogP contribution in [0.25, 0.3) is 0 Å². The Labute approximate surface area is 78.0 Å². The number of hydrogen-bond acceptors (Lipinski definition) is 1. The lowest BCUT2D eigenvalue weighted by atomic mass is 10.1. The van der Waals surface area contributed by atoms with Crippen molar-refractivity contribution in [2.45, 2.75) is 13.8 Å². The molecule has 1 heterocycles. The Hall–Kier alpha value is -1.57. The fourth-order valence-electron chi connectivity index (χ4n) is 1.00. The van der Waals surface area contributed by atoms with Crippen LogP contribution in [0, 0.1) is 0 Å². The number of Topliss-reactive ketones (excluding diaryl/α,β-unsaturated/α-hetero) is 1. The van der Waals surface area contributed by atoms with E-state index in [1.165, 1.54) is 0 Å². The van der Waals surface area contributed by atoms with Gasteiger partial charge in [-0.05, 0) is 31.6 Å². The molecule has 0 aliphatic rings. The van der Waals surface area contributed by atoms with E-state index in [1.54, 1.807) is 12.3 Å². The number of H-pyrrole nitrogens is 1. The Balaban J connectivity index is 2.80. The standard InChI is InChI=1S/C11H13NO/c1-3-4-6-9(2)11(13)10-7-5-8-12-10/h3-8,12H,1-2H3/b4-3-,9-6+. The molecule has 0 bridgehead atoms. The lowest BCUT2D eigenvalue weighted by Crippen LogP contribution is -2.00. The van der Waals surface area contributed by atoms with E-state index in [1.807, 2.05) is 38.1 Å². The number of rotatable bonds is 3. The number of hydrogen-bond donors (Lipinski definition) is 1. The van der Waals surface area contributed by atoms with Crippen LogP contribution >= 0.6 is 0 Å². The summed E-state index contributed by atoms with van der Waals surface area (Å²) in [6.07, 6.45) is 7.31. The first kappa shape index (κ1) is 9.52. The largest absolute Gasteiger partial charge is 0.359 e. The minimum absolute atomic E-state index is 0.0445. The maximum absolute atomic E-state index is 11.6. The van der Waals surface area contributed by atoms with E-state index in [4.69, 9.17) is 0 Å². The van der Waals surface area contributed by atoms with Crippen LogP contribution in [0.2, 0.25) is 0 Å². The van der Waals surface area contributed by atoms with Crippen LogP contribution in [0.15, 0.2) is 42.1 Å². The van der Waals surface area contributed by atoms with E-state index >= 15 is 0 Å². The highest BCUT2D eigenvalue weighted by Gasteiger charge is 2.06. The van der Waals surface area contributed by atoms with Gasteiger partial charge in [0.05, 0.1) is 5.69 Å². The summed E-state index contributed by atoms with van der Waals surface area (Å²) >= 11 is 0. The Morgan fingerprint density at radius 3 is 2.85 bits per heavy atom. The molecule has 0 aliphatic carbocycles. The molecule has 0 atom stereocenters. The Kier molecular flexibility index (Phi) is 3.26. The lowest BCUT2D eigenvalue weighted by Gasteiger charge is -1.95. The van der Waals surface area contributed by atoms with Gasteiger partial charge in [-0.1, -0.05) is 18.2 Å². The van der Waals surface area contributed by atoms with E-state index in [0.29, 0.717) is 5.69 Å². The minimum atomic E-state index is 0.0445. The summed E-state index contributed by atoms with van der Waals surface area (Å²) in [5.41, 5.74) is 1.37. The highest BCUT2D eigenvalue weighted by molar-refractivity contribution is 6.07. The molecule has 0 amide bonds. The van der Waals surface area contributed by atoms with Crippen LogP contribution in [0.3, 0.4) is 0 Å². The summed E-state index contributed by atoms with van der Waals surface area (Å²) in [4.78, 5) is 14.5. The first-order valence-corrected chi connectivity index (χ1v) is 4.23. The number of allylic oxidation sites excluding steroid dienone is 4. The Bertz CT molecular complexity index is 331. The Morgan fingerprint density at radius 2 is 2.31 bits per heavy atom. The number of carbonyl (C=O) groups is 1. The third-order valence-corrected chi connectivity index (χ3v) is 1.74. The van der Waals surface area contributed by atoms with E-state index in [2.05, 4.69) is 4.98 Å². The van der Waals surface area contributed by atoms with Gasteiger partial charge in [-0.25, -0.2) is 0 Å². The summed E-state index contributed by atoms with van der Waals surface area (Å²) in [6, 6.07) is 3.59. The van der Waals surface area contributed by atoms with Crippen molar-refractivity contribution in [2.75, 3.05) is 0 Å². The first-order valence-electron chi connectivity index (χ1n) is 4.23. The summed E-state index contributed by atoms with van der Waals surface area (Å²) < 4.78 is 0. The van der Waals surface area contributed by atoms with Crippen molar-refractivity contribution in [3.8, 4) is 0 Å². The van der Waals surface area contributed by atoms with Crippen molar-refractivity contribution >= 4 is 5.78 Å². The van der Waals surface area contributed by atoms with Gasteiger partial charge in [0.15, 0.2) is 0 Å². The molecule has 1 aromatic rings. The molecule has 1 rings (SSSR count). The van der Waals surface area contributed by atoms with Crippen molar-refractivity contribution in [1.82, 2.24) is 4.98 Å². The first-order chi connectivity index (χ1) is 6.25. The molecule has 0 unspecified atom stereocenters. The zero-order valence-corrected chi connectivity index (χ0v) is 7.87. The van der Waals surface area contributed by atoms with Crippen LogP contribution in [0.5, 0.6) is 0 Å². The zero-order chi connectivity index (χ0) is 9.68. The predicted molar refractivity (Wildman–Crippen MR) is 53.7 cm³/mol. The molecule has 0 fully saturated rings. The number of aromatic nitrogens is 1. The molecule has 0 aromatic carbocycles. The molecule has 0 spiro atoms. The quantitative estimate of drug-likeness (QED) is 0.427. The second-order valence-corrected chi connectivity index (χ2v) is 2.79. The molecule has 68 valence electrons. The van der Waals surface area contributed by atoms with Crippen molar-refractivity contribution < 1.29 is 4.79 Å². The summed E-state index contributed by atoms with van der Waals surface area (Å²) in [5.74, 6) is 0.0445. The maximum Gasteiger partial charge on any atom is 0.204 e. The average Bonchev–Trinajstić information content (AvgIpc) is 2.65. The minimum Gasteiger partial charge on any atom is -0.359 e. The highest BCUT2D eigenvalue weighted by Crippen LogP contribution is 2.05. The third-order valence-electron chi connectivity index (χ3n) is 1.74. The number of carbonyl (C=O) groups excluding carboxylic acids is 1. The molecular formula is C11H13NO. The molecular weight excluding hydrogens is 162 g/mol. The van der Waals surface area contributed by atoms with Gasteiger partial charge < -0.3 is 4.98 Å². The summed E-state index contributed by atoms with van der Waals surface area (Å²) in [6.45, 7) is 3.73. The van der Waals surface area contributed by atoms with E-state index in [0.717, 1.165) is 5.57 Å². The van der Waals surface area contributed by atoms with Gasteiger partial charge in [-0.15, -0.1) is 0 Å². The van der Waals surface area contributed by atoms with Crippen molar-refractivity contribution in [3.63, 3.8) is 0 Å². The smallest absolute Gasteiger partial charge is 0.204 e. The van der Waals surface area contributed by atoms with Gasteiger partial charge in [0.2, 0.25) is 5.78 Å². The van der Waals surface area contributed by atoms with Crippen LogP contribution in [0.4, 0.5) is 0 Å². The monoisotopic (exact) mass is 175 g/mol. The molecule has 0 saturated carbocycles. The third kappa shape index (κ3) is 2.44. The zero-order valence-electron chi connectivity index (χ0n) is 7.87. The number of ketones is 1. The van der Waals surface area contributed by atoms with Gasteiger partial charge in [0, 0.05) is 6.20 Å². The van der Waals surface area contributed by atoms with Crippen LogP contribution in [-0.2, 0) is 0 Å². The van der Waals surface area contributed by atoms with Crippen LogP contribution in [0.1, 0.15) is 24.3 Å². The Morgan fingerprint density at radius 1 is 1.54 bits per heavy atom. The van der Waals surface area contributed by atoms with Gasteiger partial charge in [-0.3, -0.25) is 4.79 Å². The van der Waals surface area contributed by atoms with Crippen molar-refractivity contribution in [1.29, 1.82) is 0 Å². The molecule has 1 aromatic heterocycles. The summed E-state index contributed by atoms with van der Waals surface area (Å²) in [5, 5.41) is 0. The topological polar surface area (TPSA) is 32.9 Å². The molecule has 1 N–H and O–H groups in total. The van der Waals surface area contributed by atoms with E-state index < -0.39 is 0 Å². The van der Waals surface area contributed by atoms with Crippen LogP contribution < -0.4 is 0 Å². The van der Waals surface area contributed by atoms with E-state index in [9.17, 15) is 4.79 Å². The maximum atomic E-state index is 11.6. The molecule has 2 nitrogen and oxygen atoms in total. The van der Waals surface area contributed by atoms with Gasteiger partial charge in [-0.2, -0.15) is 0 Å². The van der Waals surface area contributed by atoms with Crippen LogP contribution in [-0.4, -0.2) is 10.8 Å². The lowest BCUT2D eigenvalue weighted by molar-refractivity contribution is 0.103. The SMILES string of the molecule is C/C=C\C=C(/C)C(=O)c1ccc[nH]1. The number of aromatic amines is 1. The highest BCUT2D eigenvalue weighted by atomic mass is 16.1. The summed E-state index contributed by atoms with van der Waals surface area (Å²) in [7, 11) is 0. The van der Waals surface area contributed by atoms with Crippen molar-refractivity contribution in [3.05, 3.63) is 47.8 Å². The average molecular weight is 175 g/mol. The second kappa shape index (κ2) is 4.45. The molecule has 0 radical (unpaired) electrons. The van der Waals surface area contributed by atoms with Gasteiger partial charge in [0.1, 0.15) is 0 Å². The molecule has 13 heavy (non-hydrogen) atoms. The van der Waals surface area contributed by atoms with E-state index in [-0.39, 0.29) is 5.78 Å². The molecule has 2 heteroatoms. The second-order valence-electron chi connectivity index (χ2n) is 2.79. The predicted octanol–water partition coefficient (Wildman–Crippen LogP) is 2.72. The normalized spacial score (nSPS) is 12.3.